The molecule has 0 spiro atoms. The van der Waals surface area contributed by atoms with Gasteiger partial charge in [-0.15, -0.1) is 0 Å². The van der Waals surface area contributed by atoms with Crippen molar-refractivity contribution in [1.29, 1.82) is 0 Å². The van der Waals surface area contributed by atoms with E-state index in [2.05, 4.69) is 0 Å². The summed E-state index contributed by atoms with van der Waals surface area (Å²) in [7, 11) is 0. The highest BCUT2D eigenvalue weighted by Gasteiger charge is 2.46. The van der Waals surface area contributed by atoms with Crippen LogP contribution in [0.1, 0.15) is 33.6 Å². The van der Waals surface area contributed by atoms with Crippen molar-refractivity contribution in [3.63, 3.8) is 0 Å². The zero-order valence-electron chi connectivity index (χ0n) is 10.5. The van der Waals surface area contributed by atoms with Crippen LogP contribution in [0.5, 0.6) is 0 Å². The molecule has 0 aromatic heterocycles. The number of halogens is 1. The van der Waals surface area contributed by atoms with Crippen molar-refractivity contribution in [2.24, 2.45) is 5.41 Å². The van der Waals surface area contributed by atoms with Gasteiger partial charge in [0.1, 0.15) is 0 Å². The molecular formula is C12H19ClO4. The molecule has 0 fully saturated rings. The third-order valence-electron chi connectivity index (χ3n) is 2.49. The summed E-state index contributed by atoms with van der Waals surface area (Å²) in [6.07, 6.45) is 2.05. The average Bonchev–Trinajstić information content (AvgIpc) is 2.31. The molecule has 0 N–H and O–H groups in total. The van der Waals surface area contributed by atoms with Gasteiger partial charge in [0.2, 0.25) is 0 Å². The lowest BCUT2D eigenvalue weighted by molar-refractivity contribution is -0.172. The Morgan fingerprint density at radius 2 is 1.59 bits per heavy atom. The van der Waals surface area contributed by atoms with Crippen LogP contribution in [0, 0.1) is 5.41 Å². The van der Waals surface area contributed by atoms with Crippen LogP contribution in [0.4, 0.5) is 0 Å². The van der Waals surface area contributed by atoms with Crippen molar-refractivity contribution in [1.82, 2.24) is 0 Å². The van der Waals surface area contributed by atoms with E-state index < -0.39 is 17.4 Å². The molecule has 0 bridgehead atoms. The maximum absolute atomic E-state index is 11.9. The maximum atomic E-state index is 11.9. The monoisotopic (exact) mass is 262 g/mol. The zero-order valence-corrected chi connectivity index (χ0v) is 11.3. The molecule has 17 heavy (non-hydrogen) atoms. The number of carbonyl (C=O) groups is 2. The van der Waals surface area contributed by atoms with Gasteiger partial charge in [-0.25, -0.2) is 0 Å². The summed E-state index contributed by atoms with van der Waals surface area (Å²) in [5, 5.41) is 0. The van der Waals surface area contributed by atoms with Crippen LogP contribution in [0.25, 0.3) is 0 Å². The van der Waals surface area contributed by atoms with Crippen LogP contribution in [0.2, 0.25) is 0 Å². The van der Waals surface area contributed by atoms with Gasteiger partial charge in [0.25, 0.3) is 0 Å². The molecule has 0 aromatic rings. The molecule has 0 heterocycles. The molecule has 0 atom stereocenters. The Bertz CT molecular complexity index is 268. The van der Waals surface area contributed by atoms with Gasteiger partial charge in [0.15, 0.2) is 5.41 Å². The molecule has 4 nitrogen and oxygen atoms in total. The predicted octanol–water partition coefficient (Wildman–Crippen LogP) is 2.65. The summed E-state index contributed by atoms with van der Waals surface area (Å²) in [6, 6.07) is 0. The molecule has 5 heteroatoms. The number of rotatable bonds is 7. The van der Waals surface area contributed by atoms with Crippen molar-refractivity contribution in [3.05, 3.63) is 11.6 Å². The summed E-state index contributed by atoms with van der Waals surface area (Å²) in [6.45, 7) is 5.59. The largest absolute Gasteiger partial charge is 0.465 e. The fourth-order valence-corrected chi connectivity index (χ4v) is 1.56. The van der Waals surface area contributed by atoms with Crippen molar-refractivity contribution in [2.75, 3.05) is 13.2 Å². The van der Waals surface area contributed by atoms with E-state index in [0.717, 1.165) is 0 Å². The molecule has 0 aliphatic heterocycles. The van der Waals surface area contributed by atoms with Crippen LogP contribution in [-0.4, -0.2) is 25.2 Å². The van der Waals surface area contributed by atoms with Gasteiger partial charge in [-0.05, 0) is 26.7 Å². The minimum Gasteiger partial charge on any atom is -0.465 e. The minimum absolute atomic E-state index is 0.185. The molecule has 0 amide bonds. The Hall–Kier alpha value is -1.03. The Morgan fingerprint density at radius 1 is 1.12 bits per heavy atom. The lowest BCUT2D eigenvalue weighted by atomic mass is 9.81. The third kappa shape index (κ3) is 4.04. The van der Waals surface area contributed by atoms with Crippen molar-refractivity contribution in [3.8, 4) is 0 Å². The normalized spacial score (nSPS) is 11.5. The SMILES string of the molecule is CCOC(=O)C(CC)(C/C=C/Cl)C(=O)OCC. The first kappa shape index (κ1) is 16.0. The fraction of sp³-hybridized carbons (Fsp3) is 0.667. The molecule has 98 valence electrons. The van der Waals surface area contributed by atoms with Crippen molar-refractivity contribution >= 4 is 23.5 Å². The van der Waals surface area contributed by atoms with Gasteiger partial charge >= 0.3 is 11.9 Å². The molecule has 0 rings (SSSR count). The molecule has 0 saturated carbocycles. The first-order valence-corrected chi connectivity index (χ1v) is 6.12. The quantitative estimate of drug-likeness (QED) is 0.523. The lowest BCUT2D eigenvalue weighted by Crippen LogP contribution is -2.41. The first-order valence-electron chi connectivity index (χ1n) is 5.68. The number of hydrogen-bond acceptors (Lipinski definition) is 4. The smallest absolute Gasteiger partial charge is 0.323 e. The topological polar surface area (TPSA) is 52.6 Å². The molecule has 0 unspecified atom stereocenters. The maximum Gasteiger partial charge on any atom is 0.323 e. The van der Waals surface area contributed by atoms with Crippen molar-refractivity contribution < 1.29 is 19.1 Å². The summed E-state index contributed by atoms with van der Waals surface area (Å²) >= 11 is 5.44. The summed E-state index contributed by atoms with van der Waals surface area (Å²) in [5.74, 6) is -1.12. The molecule has 0 aliphatic rings. The summed E-state index contributed by atoms with van der Waals surface area (Å²) < 4.78 is 9.89. The van der Waals surface area contributed by atoms with Crippen LogP contribution < -0.4 is 0 Å². The van der Waals surface area contributed by atoms with Crippen LogP contribution in [0.3, 0.4) is 0 Å². The number of carbonyl (C=O) groups excluding carboxylic acids is 2. The Labute approximate surface area is 107 Å². The molecule has 0 aromatic carbocycles. The first-order chi connectivity index (χ1) is 8.08. The Balaban J connectivity index is 5.12. The zero-order chi connectivity index (χ0) is 13.3. The number of hydrogen-bond donors (Lipinski definition) is 0. The van der Waals surface area contributed by atoms with Crippen molar-refractivity contribution in [2.45, 2.75) is 33.6 Å². The highest BCUT2D eigenvalue weighted by atomic mass is 35.5. The molecular weight excluding hydrogens is 244 g/mol. The minimum atomic E-state index is -1.28. The Kier molecular flexibility index (Phi) is 7.63. The third-order valence-corrected chi connectivity index (χ3v) is 2.67. The van der Waals surface area contributed by atoms with Crippen LogP contribution in [-0.2, 0) is 19.1 Å². The molecule has 0 aliphatic carbocycles. The summed E-state index contributed by atoms with van der Waals surface area (Å²) in [4.78, 5) is 23.8. The van der Waals surface area contributed by atoms with E-state index in [-0.39, 0.29) is 19.6 Å². The van der Waals surface area contributed by atoms with E-state index in [9.17, 15) is 9.59 Å². The highest BCUT2D eigenvalue weighted by molar-refractivity contribution is 6.25. The lowest BCUT2D eigenvalue weighted by Gasteiger charge is -2.26. The standard InChI is InChI=1S/C12H19ClO4/c1-4-12(8-7-9-13,10(14)16-5-2)11(15)17-6-3/h7,9H,4-6,8H2,1-3H3/b9-7+. The van der Waals surface area contributed by atoms with Crippen LogP contribution >= 0.6 is 11.6 Å². The van der Waals surface area contributed by atoms with Gasteiger partial charge in [-0.3, -0.25) is 9.59 Å². The van der Waals surface area contributed by atoms with Gasteiger partial charge in [0.05, 0.1) is 13.2 Å². The van der Waals surface area contributed by atoms with E-state index in [4.69, 9.17) is 21.1 Å². The Morgan fingerprint density at radius 3 is 1.88 bits per heavy atom. The summed E-state index contributed by atoms with van der Waals surface area (Å²) in [5.41, 5.74) is 0.000269. The highest BCUT2D eigenvalue weighted by Crippen LogP contribution is 2.31. The van der Waals surface area contributed by atoms with Gasteiger partial charge < -0.3 is 9.47 Å². The van der Waals surface area contributed by atoms with E-state index in [0.29, 0.717) is 6.42 Å². The van der Waals surface area contributed by atoms with E-state index in [1.165, 1.54) is 5.54 Å². The number of allylic oxidation sites excluding steroid dienone is 1. The van der Waals surface area contributed by atoms with Gasteiger partial charge in [0, 0.05) is 5.54 Å². The number of ether oxygens (including phenoxy) is 2. The molecule has 0 saturated heterocycles. The number of esters is 2. The second-order valence-corrected chi connectivity index (χ2v) is 3.69. The van der Waals surface area contributed by atoms with E-state index >= 15 is 0 Å². The van der Waals surface area contributed by atoms with E-state index in [1.54, 1.807) is 26.8 Å². The van der Waals surface area contributed by atoms with E-state index in [1.807, 2.05) is 0 Å². The van der Waals surface area contributed by atoms with Gasteiger partial charge in [-0.1, -0.05) is 24.6 Å². The van der Waals surface area contributed by atoms with Gasteiger partial charge in [-0.2, -0.15) is 0 Å². The second-order valence-electron chi connectivity index (χ2n) is 3.44. The predicted molar refractivity (Wildman–Crippen MR) is 65.6 cm³/mol. The van der Waals surface area contributed by atoms with Crippen LogP contribution in [0.15, 0.2) is 11.6 Å². The average molecular weight is 263 g/mol. The molecule has 0 radical (unpaired) electrons. The second kappa shape index (κ2) is 8.12. The fourth-order valence-electron chi connectivity index (χ4n) is 1.47.